The van der Waals surface area contributed by atoms with Crippen LogP contribution < -0.4 is 15.3 Å². The number of rotatable bonds is 9. The second-order valence-corrected chi connectivity index (χ2v) is 5.68. The van der Waals surface area contributed by atoms with Crippen LogP contribution in [0.15, 0.2) is 23.3 Å². The molecule has 1 heterocycles. The topological polar surface area (TPSA) is 94.1 Å². The predicted octanol–water partition coefficient (Wildman–Crippen LogP) is 2.74. The number of hydrazone groups is 1. The second kappa shape index (κ2) is 9.02. The summed E-state index contributed by atoms with van der Waals surface area (Å²) < 4.78 is 11.5. The first-order valence-electron chi connectivity index (χ1n) is 8.05. The van der Waals surface area contributed by atoms with Gasteiger partial charge in [0.2, 0.25) is 0 Å². The lowest BCUT2D eigenvalue weighted by molar-refractivity contribution is -0.139. The highest BCUT2D eigenvalue weighted by Gasteiger charge is 2.22. The first-order chi connectivity index (χ1) is 11.2. The number of benzene rings is 1. The van der Waals surface area contributed by atoms with Crippen LogP contribution in [-0.4, -0.2) is 30.0 Å². The Labute approximate surface area is 136 Å². The predicted molar refractivity (Wildman–Crippen MR) is 88.1 cm³/mol. The van der Waals surface area contributed by atoms with Crippen molar-refractivity contribution in [1.82, 2.24) is 0 Å². The molecule has 3 N–H and O–H groups in total. The van der Waals surface area contributed by atoms with E-state index in [1.807, 2.05) is 18.2 Å². The Bertz CT molecular complexity index is 545. The molecule has 6 nitrogen and oxygen atoms in total. The summed E-state index contributed by atoms with van der Waals surface area (Å²) in [6, 6.07) is 5.74. The summed E-state index contributed by atoms with van der Waals surface area (Å²) in [5.74, 6) is 5.83. The molecule has 0 saturated carbocycles. The third kappa shape index (κ3) is 5.81. The average Bonchev–Trinajstić information content (AvgIpc) is 2.53. The fourth-order valence-corrected chi connectivity index (χ4v) is 2.63. The molecule has 0 radical (unpaired) electrons. The highest BCUT2D eigenvalue weighted by atomic mass is 16.5. The number of fused-ring (bicyclic) bond motifs is 1. The van der Waals surface area contributed by atoms with Gasteiger partial charge < -0.3 is 20.4 Å². The Hall–Kier alpha value is -2.24. The summed E-state index contributed by atoms with van der Waals surface area (Å²) in [5, 5.41) is 12.3. The van der Waals surface area contributed by atoms with Crippen LogP contribution in [0.2, 0.25) is 0 Å². The number of hydrogen-bond acceptors (Lipinski definition) is 5. The van der Waals surface area contributed by atoms with Crippen molar-refractivity contribution < 1.29 is 19.4 Å². The lowest BCUT2D eigenvalue weighted by Gasteiger charge is -2.25. The first kappa shape index (κ1) is 17.1. The quantitative estimate of drug-likeness (QED) is 0.316. The minimum Gasteiger partial charge on any atom is -0.494 e. The molecule has 1 aliphatic rings. The highest BCUT2D eigenvalue weighted by molar-refractivity contribution is 5.67. The van der Waals surface area contributed by atoms with E-state index in [2.05, 4.69) is 5.10 Å². The molecule has 0 fully saturated rings. The van der Waals surface area contributed by atoms with E-state index in [1.54, 1.807) is 6.21 Å². The molecular weight excluding hydrogens is 296 g/mol. The molecule has 1 aromatic rings. The number of carbonyl (C=O) groups is 1. The van der Waals surface area contributed by atoms with E-state index in [-0.39, 0.29) is 12.5 Å². The summed E-state index contributed by atoms with van der Waals surface area (Å²) in [5.41, 5.74) is 1.09. The monoisotopic (exact) mass is 320 g/mol. The molecule has 0 amide bonds. The van der Waals surface area contributed by atoms with Crippen molar-refractivity contribution in [3.63, 3.8) is 0 Å². The van der Waals surface area contributed by atoms with Crippen molar-refractivity contribution in [2.45, 2.75) is 51.0 Å². The number of nitrogens with two attached hydrogens (primary N) is 1. The van der Waals surface area contributed by atoms with Crippen molar-refractivity contribution in [3.05, 3.63) is 23.8 Å². The summed E-state index contributed by atoms with van der Waals surface area (Å²) in [7, 11) is 0. The fourth-order valence-electron chi connectivity index (χ4n) is 2.63. The Morgan fingerprint density at radius 1 is 1.43 bits per heavy atom. The maximum Gasteiger partial charge on any atom is 0.307 e. The van der Waals surface area contributed by atoms with Crippen LogP contribution in [0.4, 0.5) is 0 Å². The van der Waals surface area contributed by atoms with Crippen molar-refractivity contribution in [1.29, 1.82) is 0 Å². The number of unbranched alkanes of at least 4 members (excludes halogenated alkanes) is 3. The largest absolute Gasteiger partial charge is 0.494 e. The molecule has 0 aliphatic carbocycles. The fraction of sp³-hybridized carbons (Fsp3) is 0.529. The van der Waals surface area contributed by atoms with Gasteiger partial charge in [0.05, 0.1) is 13.0 Å². The van der Waals surface area contributed by atoms with Gasteiger partial charge in [0, 0.05) is 6.21 Å². The van der Waals surface area contributed by atoms with Crippen molar-refractivity contribution in [2.24, 2.45) is 10.9 Å². The minimum atomic E-state index is -0.823. The number of hydrogen-bond donors (Lipinski definition) is 2. The normalized spacial score (nSPS) is 16.8. The summed E-state index contributed by atoms with van der Waals surface area (Å²) in [4.78, 5) is 10.7. The zero-order valence-electron chi connectivity index (χ0n) is 13.2. The maximum atomic E-state index is 10.7. The summed E-state index contributed by atoms with van der Waals surface area (Å²) in [6.45, 7) is 0.682. The van der Waals surface area contributed by atoms with Gasteiger partial charge >= 0.3 is 5.97 Å². The zero-order chi connectivity index (χ0) is 16.5. The van der Waals surface area contributed by atoms with Crippen LogP contribution in [0.1, 0.15) is 44.1 Å². The minimum absolute atomic E-state index is 0.0482. The Kier molecular flexibility index (Phi) is 6.72. The molecule has 0 spiro atoms. The maximum absolute atomic E-state index is 10.7. The molecular formula is C17H24N2O4. The molecule has 1 unspecified atom stereocenters. The van der Waals surface area contributed by atoms with E-state index in [4.69, 9.17) is 20.4 Å². The van der Waals surface area contributed by atoms with Gasteiger partial charge in [-0.2, -0.15) is 5.10 Å². The van der Waals surface area contributed by atoms with Crippen LogP contribution in [0, 0.1) is 0 Å². The lowest BCUT2D eigenvalue weighted by Crippen LogP contribution is -2.25. The van der Waals surface area contributed by atoms with E-state index in [0.717, 1.165) is 55.6 Å². The first-order valence-corrected chi connectivity index (χ1v) is 8.05. The van der Waals surface area contributed by atoms with Gasteiger partial charge in [-0.15, -0.1) is 0 Å². The van der Waals surface area contributed by atoms with E-state index < -0.39 is 5.97 Å². The van der Waals surface area contributed by atoms with E-state index >= 15 is 0 Å². The molecule has 0 aromatic heterocycles. The average molecular weight is 320 g/mol. The van der Waals surface area contributed by atoms with Crippen LogP contribution in [0.25, 0.3) is 0 Å². The Balaban J connectivity index is 1.75. The van der Waals surface area contributed by atoms with Gasteiger partial charge in [-0.3, -0.25) is 4.79 Å². The molecule has 1 aliphatic heterocycles. The second-order valence-electron chi connectivity index (χ2n) is 5.68. The van der Waals surface area contributed by atoms with E-state index in [1.165, 1.54) is 0 Å². The number of carboxylic acids is 1. The van der Waals surface area contributed by atoms with E-state index in [0.29, 0.717) is 6.61 Å². The highest BCUT2D eigenvalue weighted by Crippen LogP contribution is 2.31. The van der Waals surface area contributed by atoms with Crippen LogP contribution in [-0.2, 0) is 11.2 Å². The molecule has 0 bridgehead atoms. The molecule has 126 valence electrons. The van der Waals surface area contributed by atoms with Crippen LogP contribution in [0.5, 0.6) is 11.5 Å². The summed E-state index contributed by atoms with van der Waals surface area (Å²) in [6.07, 6.45) is 7.13. The van der Waals surface area contributed by atoms with Crippen molar-refractivity contribution in [2.75, 3.05) is 6.61 Å². The van der Waals surface area contributed by atoms with Gasteiger partial charge in [0.1, 0.15) is 17.6 Å². The Morgan fingerprint density at radius 2 is 2.30 bits per heavy atom. The van der Waals surface area contributed by atoms with Crippen LogP contribution in [0.3, 0.4) is 0 Å². The zero-order valence-corrected chi connectivity index (χ0v) is 13.2. The Morgan fingerprint density at radius 3 is 3.09 bits per heavy atom. The third-order valence-corrected chi connectivity index (χ3v) is 3.82. The third-order valence-electron chi connectivity index (χ3n) is 3.82. The van der Waals surface area contributed by atoms with Gasteiger partial charge in [-0.25, -0.2) is 0 Å². The smallest absolute Gasteiger partial charge is 0.307 e. The SMILES string of the molecule is NN=CCCCCCOc1ccc2c(c1)CCC(CC(=O)O)O2. The van der Waals surface area contributed by atoms with Crippen molar-refractivity contribution >= 4 is 12.2 Å². The molecule has 1 atom stereocenters. The number of aryl methyl sites for hydroxylation is 1. The van der Waals surface area contributed by atoms with Gasteiger partial charge in [0.25, 0.3) is 0 Å². The summed E-state index contributed by atoms with van der Waals surface area (Å²) >= 11 is 0. The number of carboxylic acid groups (broad SMARTS) is 1. The number of ether oxygens (including phenoxy) is 2. The van der Waals surface area contributed by atoms with E-state index in [9.17, 15) is 4.79 Å². The number of nitrogens with zero attached hydrogens (tertiary/aromatic N) is 1. The lowest BCUT2D eigenvalue weighted by atomic mass is 10.0. The molecule has 1 aromatic carbocycles. The molecule has 2 rings (SSSR count). The van der Waals surface area contributed by atoms with Crippen LogP contribution >= 0.6 is 0 Å². The molecule has 23 heavy (non-hydrogen) atoms. The molecule has 6 heteroatoms. The van der Waals surface area contributed by atoms with Gasteiger partial charge in [-0.05, 0) is 62.3 Å². The number of aliphatic carboxylic acids is 1. The van der Waals surface area contributed by atoms with Crippen molar-refractivity contribution in [3.8, 4) is 11.5 Å². The van der Waals surface area contributed by atoms with Gasteiger partial charge in [0.15, 0.2) is 0 Å². The standard InChI is InChI=1S/C17H24N2O4/c18-19-9-3-1-2-4-10-22-14-7-8-16-13(11-14)5-6-15(23-16)12-17(20)21/h7-9,11,15H,1-6,10,12,18H2,(H,20,21). The molecule has 0 saturated heterocycles. The van der Waals surface area contributed by atoms with Gasteiger partial charge in [-0.1, -0.05) is 0 Å².